The molecule has 0 aromatic heterocycles. The van der Waals surface area contributed by atoms with Crippen LogP contribution < -0.4 is 0 Å². The molecule has 2 aliphatic carbocycles. The first-order valence-corrected chi connectivity index (χ1v) is 3.91. The van der Waals surface area contributed by atoms with E-state index in [1.807, 2.05) is 6.07 Å². The van der Waals surface area contributed by atoms with Gasteiger partial charge in [0.2, 0.25) is 0 Å². The predicted molar refractivity (Wildman–Crippen MR) is 34.9 cm³/mol. The SMILES string of the molecule is N#CCC1CC2C(C1)C2(F)F. The maximum Gasteiger partial charge on any atom is 0.254 e. The van der Waals surface area contributed by atoms with Crippen molar-refractivity contribution < 1.29 is 8.78 Å². The Bertz CT molecular complexity index is 205. The van der Waals surface area contributed by atoms with Gasteiger partial charge in [-0.2, -0.15) is 5.26 Å². The summed E-state index contributed by atoms with van der Waals surface area (Å²) in [5.41, 5.74) is 0. The van der Waals surface area contributed by atoms with Gasteiger partial charge in [-0.1, -0.05) is 0 Å². The summed E-state index contributed by atoms with van der Waals surface area (Å²) in [6.45, 7) is 0. The van der Waals surface area contributed by atoms with E-state index in [1.54, 1.807) is 0 Å². The normalized spacial score (nSPS) is 44.6. The van der Waals surface area contributed by atoms with Crippen molar-refractivity contribution in [1.82, 2.24) is 0 Å². The number of nitrogens with zero attached hydrogens (tertiary/aromatic N) is 1. The number of fused-ring (bicyclic) bond motifs is 1. The second-order valence-electron chi connectivity index (χ2n) is 3.59. The molecule has 2 atom stereocenters. The maximum absolute atomic E-state index is 12.6. The third-order valence-corrected chi connectivity index (χ3v) is 2.92. The van der Waals surface area contributed by atoms with Gasteiger partial charge in [-0.05, 0) is 18.8 Å². The van der Waals surface area contributed by atoms with E-state index in [0.717, 1.165) is 0 Å². The molecule has 0 N–H and O–H groups in total. The van der Waals surface area contributed by atoms with Crippen LogP contribution in [0.25, 0.3) is 0 Å². The van der Waals surface area contributed by atoms with Gasteiger partial charge in [0.15, 0.2) is 0 Å². The van der Waals surface area contributed by atoms with Crippen molar-refractivity contribution in [3.63, 3.8) is 0 Å². The Labute approximate surface area is 64.0 Å². The fraction of sp³-hybridized carbons (Fsp3) is 0.875. The Morgan fingerprint density at radius 3 is 2.36 bits per heavy atom. The van der Waals surface area contributed by atoms with Crippen molar-refractivity contribution in [2.75, 3.05) is 0 Å². The zero-order chi connectivity index (χ0) is 8.06. The lowest BCUT2D eigenvalue weighted by atomic mass is 10.00. The van der Waals surface area contributed by atoms with Gasteiger partial charge in [-0.25, -0.2) is 8.78 Å². The smallest absolute Gasteiger partial charge is 0.206 e. The van der Waals surface area contributed by atoms with Crippen LogP contribution in [0.4, 0.5) is 8.78 Å². The molecule has 2 saturated carbocycles. The summed E-state index contributed by atoms with van der Waals surface area (Å²) in [6.07, 6.45) is 1.61. The van der Waals surface area contributed by atoms with Gasteiger partial charge in [0.1, 0.15) is 0 Å². The van der Waals surface area contributed by atoms with Crippen LogP contribution in [0.3, 0.4) is 0 Å². The van der Waals surface area contributed by atoms with Crippen LogP contribution in [0.5, 0.6) is 0 Å². The molecule has 2 fully saturated rings. The standard InChI is InChI=1S/C8H9F2N/c9-8(10)6-3-5(1-2-11)4-7(6)8/h5-7H,1,3-4H2. The van der Waals surface area contributed by atoms with E-state index in [-0.39, 0.29) is 17.8 Å². The molecule has 0 aliphatic heterocycles. The lowest BCUT2D eigenvalue weighted by Crippen LogP contribution is -2.06. The number of hydrogen-bond acceptors (Lipinski definition) is 1. The summed E-state index contributed by atoms with van der Waals surface area (Å²) in [6, 6.07) is 2.03. The quantitative estimate of drug-likeness (QED) is 0.572. The summed E-state index contributed by atoms with van der Waals surface area (Å²) in [5.74, 6) is -2.86. The van der Waals surface area contributed by atoms with Gasteiger partial charge >= 0.3 is 0 Å². The Morgan fingerprint density at radius 2 is 1.91 bits per heavy atom. The molecule has 0 bridgehead atoms. The summed E-state index contributed by atoms with van der Waals surface area (Å²) in [4.78, 5) is 0. The van der Waals surface area contributed by atoms with E-state index in [1.165, 1.54) is 0 Å². The molecule has 60 valence electrons. The van der Waals surface area contributed by atoms with E-state index in [0.29, 0.717) is 19.3 Å². The number of halogens is 2. The van der Waals surface area contributed by atoms with Crippen molar-refractivity contribution in [1.29, 1.82) is 5.26 Å². The first-order chi connectivity index (χ1) is 5.16. The average Bonchev–Trinajstić information content (AvgIpc) is 2.37. The number of alkyl halides is 2. The highest BCUT2D eigenvalue weighted by Gasteiger charge is 2.71. The van der Waals surface area contributed by atoms with Crippen LogP contribution in [-0.2, 0) is 0 Å². The summed E-state index contributed by atoms with van der Waals surface area (Å²) < 4.78 is 25.1. The lowest BCUT2D eigenvalue weighted by molar-refractivity contribution is 0.0642. The minimum Gasteiger partial charge on any atom is -0.206 e. The topological polar surface area (TPSA) is 23.8 Å². The van der Waals surface area contributed by atoms with Crippen LogP contribution in [0.15, 0.2) is 0 Å². The van der Waals surface area contributed by atoms with Crippen LogP contribution in [0, 0.1) is 29.1 Å². The van der Waals surface area contributed by atoms with Gasteiger partial charge in [-0.3, -0.25) is 0 Å². The van der Waals surface area contributed by atoms with Gasteiger partial charge in [0.05, 0.1) is 6.07 Å². The molecule has 3 heteroatoms. The Morgan fingerprint density at radius 1 is 1.36 bits per heavy atom. The number of hydrogen-bond donors (Lipinski definition) is 0. The molecule has 0 amide bonds. The molecule has 11 heavy (non-hydrogen) atoms. The molecule has 2 unspecified atom stereocenters. The fourth-order valence-corrected chi connectivity index (χ4v) is 2.21. The second kappa shape index (κ2) is 1.94. The van der Waals surface area contributed by atoms with E-state index >= 15 is 0 Å². The summed E-state index contributed by atoms with van der Waals surface area (Å²) in [5, 5.41) is 8.32. The van der Waals surface area contributed by atoms with Crippen molar-refractivity contribution in [2.24, 2.45) is 17.8 Å². The molecule has 0 aromatic rings. The molecule has 1 nitrogen and oxygen atoms in total. The lowest BCUT2D eigenvalue weighted by Gasteiger charge is -2.08. The maximum atomic E-state index is 12.6. The van der Waals surface area contributed by atoms with Crippen LogP contribution in [-0.4, -0.2) is 5.92 Å². The largest absolute Gasteiger partial charge is 0.254 e. The van der Waals surface area contributed by atoms with Crippen LogP contribution in [0.2, 0.25) is 0 Å². The molecule has 2 rings (SSSR count). The van der Waals surface area contributed by atoms with Gasteiger partial charge in [0, 0.05) is 18.3 Å². The molecule has 0 radical (unpaired) electrons. The third kappa shape index (κ3) is 0.852. The Balaban J connectivity index is 1.91. The highest BCUT2D eigenvalue weighted by Crippen LogP contribution is 2.66. The minimum absolute atomic E-state index is 0.259. The second-order valence-corrected chi connectivity index (χ2v) is 3.59. The predicted octanol–water partition coefficient (Wildman–Crippen LogP) is 2.19. The molecule has 0 spiro atoms. The van der Waals surface area contributed by atoms with E-state index < -0.39 is 5.92 Å². The van der Waals surface area contributed by atoms with Gasteiger partial charge < -0.3 is 0 Å². The van der Waals surface area contributed by atoms with Gasteiger partial charge in [0.25, 0.3) is 5.92 Å². The third-order valence-electron chi connectivity index (χ3n) is 2.92. The number of rotatable bonds is 1. The zero-order valence-electron chi connectivity index (χ0n) is 6.06. The number of nitriles is 1. The monoisotopic (exact) mass is 157 g/mol. The van der Waals surface area contributed by atoms with Crippen molar-refractivity contribution >= 4 is 0 Å². The van der Waals surface area contributed by atoms with Crippen molar-refractivity contribution in [3.8, 4) is 6.07 Å². The molecule has 0 heterocycles. The minimum atomic E-state index is -2.37. The van der Waals surface area contributed by atoms with Gasteiger partial charge in [-0.15, -0.1) is 0 Å². The summed E-state index contributed by atoms with van der Waals surface area (Å²) >= 11 is 0. The van der Waals surface area contributed by atoms with Crippen LogP contribution in [0.1, 0.15) is 19.3 Å². The molecule has 2 aliphatic rings. The highest BCUT2D eigenvalue weighted by molar-refractivity contribution is 5.11. The molecule has 0 saturated heterocycles. The van der Waals surface area contributed by atoms with Crippen LogP contribution >= 0.6 is 0 Å². The average molecular weight is 157 g/mol. The summed E-state index contributed by atoms with van der Waals surface area (Å²) in [7, 11) is 0. The van der Waals surface area contributed by atoms with E-state index in [9.17, 15) is 8.78 Å². The fourth-order valence-electron chi connectivity index (χ4n) is 2.21. The van der Waals surface area contributed by atoms with Crippen molar-refractivity contribution in [2.45, 2.75) is 25.2 Å². The van der Waals surface area contributed by atoms with E-state index in [2.05, 4.69) is 0 Å². The zero-order valence-corrected chi connectivity index (χ0v) is 6.06. The Hall–Kier alpha value is -0.650. The highest BCUT2D eigenvalue weighted by atomic mass is 19.3. The Kier molecular flexibility index (Phi) is 1.24. The first kappa shape index (κ1) is 7.02. The first-order valence-electron chi connectivity index (χ1n) is 3.91. The molecule has 0 aromatic carbocycles. The van der Waals surface area contributed by atoms with E-state index in [4.69, 9.17) is 5.26 Å². The molecular weight excluding hydrogens is 148 g/mol. The molecular formula is C8H9F2N. The van der Waals surface area contributed by atoms with Crippen molar-refractivity contribution in [3.05, 3.63) is 0 Å².